The van der Waals surface area contributed by atoms with Crippen LogP contribution in [0.2, 0.25) is 0 Å². The van der Waals surface area contributed by atoms with Crippen molar-refractivity contribution in [3.63, 3.8) is 0 Å². The number of fused-ring (bicyclic) bond motifs is 1. The SMILES string of the molecule is CCn1nc(C)c2c1c(=O)n(CCc1ccccc1)c(=O)n2CC(=O)Nc1cc(OC)ccc1OC. The molecule has 0 aliphatic rings. The fourth-order valence-corrected chi connectivity index (χ4v) is 4.27. The van der Waals surface area contributed by atoms with Gasteiger partial charge in [-0.05, 0) is 38.0 Å². The molecule has 36 heavy (non-hydrogen) atoms. The first-order valence-electron chi connectivity index (χ1n) is 11.6. The normalized spacial score (nSPS) is 11.0. The Balaban J connectivity index is 1.76. The van der Waals surface area contributed by atoms with Crippen LogP contribution < -0.4 is 26.0 Å². The molecule has 4 aromatic rings. The van der Waals surface area contributed by atoms with Crippen molar-refractivity contribution >= 4 is 22.6 Å². The average molecular weight is 492 g/mol. The lowest BCUT2D eigenvalue weighted by Gasteiger charge is -2.15. The molecule has 0 aliphatic carbocycles. The first kappa shape index (κ1) is 24.8. The Labute approximate surface area is 207 Å². The van der Waals surface area contributed by atoms with Gasteiger partial charge >= 0.3 is 5.69 Å². The number of benzene rings is 2. The first-order valence-corrected chi connectivity index (χ1v) is 11.6. The number of amides is 1. The van der Waals surface area contributed by atoms with Crippen LogP contribution in [0.15, 0.2) is 58.1 Å². The summed E-state index contributed by atoms with van der Waals surface area (Å²) < 4.78 is 14.7. The van der Waals surface area contributed by atoms with Gasteiger partial charge in [-0.1, -0.05) is 30.3 Å². The van der Waals surface area contributed by atoms with Gasteiger partial charge in [0.2, 0.25) is 5.91 Å². The van der Waals surface area contributed by atoms with Crippen LogP contribution in [0.4, 0.5) is 5.69 Å². The van der Waals surface area contributed by atoms with Crippen molar-refractivity contribution in [1.29, 1.82) is 0 Å². The van der Waals surface area contributed by atoms with Crippen molar-refractivity contribution in [2.24, 2.45) is 0 Å². The summed E-state index contributed by atoms with van der Waals surface area (Å²) in [5.74, 6) is 0.534. The van der Waals surface area contributed by atoms with E-state index in [9.17, 15) is 14.4 Å². The second-order valence-corrected chi connectivity index (χ2v) is 8.27. The van der Waals surface area contributed by atoms with Crippen molar-refractivity contribution < 1.29 is 14.3 Å². The molecule has 0 aliphatic heterocycles. The predicted octanol–water partition coefficient (Wildman–Crippen LogP) is 2.59. The van der Waals surface area contributed by atoms with Crippen molar-refractivity contribution in [3.8, 4) is 11.5 Å². The third-order valence-corrected chi connectivity index (χ3v) is 6.02. The molecule has 4 rings (SSSR count). The zero-order valence-corrected chi connectivity index (χ0v) is 20.8. The van der Waals surface area contributed by atoms with E-state index in [1.807, 2.05) is 37.3 Å². The molecule has 0 atom stereocenters. The number of aryl methyl sites for hydroxylation is 3. The maximum absolute atomic E-state index is 13.6. The zero-order valence-electron chi connectivity index (χ0n) is 20.8. The standard InChI is InChI=1S/C26H29N5O5/c1-5-31-24-23(17(2)28-31)30(16-22(32)27-20-15-19(35-3)11-12-21(20)36-4)26(34)29(25(24)33)14-13-18-9-7-6-8-10-18/h6-12,15H,5,13-14,16H2,1-4H3,(H,27,32). The average Bonchev–Trinajstić information content (AvgIpc) is 3.23. The van der Waals surface area contributed by atoms with Gasteiger partial charge in [-0.25, -0.2) is 4.79 Å². The van der Waals surface area contributed by atoms with Crippen molar-refractivity contribution in [1.82, 2.24) is 18.9 Å². The topological polar surface area (TPSA) is 109 Å². The van der Waals surface area contributed by atoms with Gasteiger partial charge in [0.25, 0.3) is 5.56 Å². The Kier molecular flexibility index (Phi) is 7.23. The van der Waals surface area contributed by atoms with Crippen LogP contribution in [0.5, 0.6) is 11.5 Å². The van der Waals surface area contributed by atoms with Crippen molar-refractivity contribution in [3.05, 3.63) is 80.6 Å². The molecular formula is C26H29N5O5. The minimum absolute atomic E-state index is 0.177. The van der Waals surface area contributed by atoms with E-state index in [4.69, 9.17) is 9.47 Å². The van der Waals surface area contributed by atoms with Gasteiger partial charge in [0.1, 0.15) is 23.6 Å². The van der Waals surface area contributed by atoms with E-state index < -0.39 is 17.2 Å². The molecular weight excluding hydrogens is 462 g/mol. The van der Waals surface area contributed by atoms with Crippen LogP contribution in [-0.4, -0.2) is 39.0 Å². The lowest BCUT2D eigenvalue weighted by Crippen LogP contribution is -2.42. The number of carbonyl (C=O) groups is 1. The summed E-state index contributed by atoms with van der Waals surface area (Å²) in [5.41, 5.74) is 1.59. The van der Waals surface area contributed by atoms with Gasteiger partial charge in [-0.2, -0.15) is 5.10 Å². The van der Waals surface area contributed by atoms with E-state index in [0.29, 0.717) is 46.9 Å². The minimum Gasteiger partial charge on any atom is -0.497 e. The number of ether oxygens (including phenoxy) is 2. The Morgan fingerprint density at radius 2 is 1.75 bits per heavy atom. The smallest absolute Gasteiger partial charge is 0.332 e. The molecule has 188 valence electrons. The monoisotopic (exact) mass is 491 g/mol. The Hall–Kier alpha value is -4.34. The Bertz CT molecular complexity index is 1520. The highest BCUT2D eigenvalue weighted by Gasteiger charge is 2.22. The lowest BCUT2D eigenvalue weighted by molar-refractivity contribution is -0.116. The number of rotatable bonds is 9. The van der Waals surface area contributed by atoms with E-state index in [1.54, 1.807) is 29.8 Å². The fourth-order valence-electron chi connectivity index (χ4n) is 4.27. The highest BCUT2D eigenvalue weighted by atomic mass is 16.5. The molecule has 0 saturated carbocycles. The molecule has 2 aromatic carbocycles. The van der Waals surface area contributed by atoms with Crippen LogP contribution in [0.1, 0.15) is 18.2 Å². The van der Waals surface area contributed by atoms with E-state index in [2.05, 4.69) is 10.4 Å². The first-order chi connectivity index (χ1) is 17.4. The number of nitrogens with zero attached hydrogens (tertiary/aromatic N) is 4. The van der Waals surface area contributed by atoms with Crippen molar-refractivity contribution in [2.75, 3.05) is 19.5 Å². The number of carbonyl (C=O) groups excluding carboxylic acids is 1. The predicted molar refractivity (Wildman–Crippen MR) is 137 cm³/mol. The number of aromatic nitrogens is 4. The summed E-state index contributed by atoms with van der Waals surface area (Å²) in [6.07, 6.45) is 0.494. The largest absolute Gasteiger partial charge is 0.497 e. The number of anilines is 1. The highest BCUT2D eigenvalue weighted by molar-refractivity contribution is 5.93. The second kappa shape index (κ2) is 10.5. The lowest BCUT2D eigenvalue weighted by atomic mass is 10.1. The second-order valence-electron chi connectivity index (χ2n) is 8.27. The summed E-state index contributed by atoms with van der Waals surface area (Å²) in [6, 6.07) is 14.6. The molecule has 1 N–H and O–H groups in total. The molecule has 10 heteroatoms. The molecule has 0 radical (unpaired) electrons. The number of hydrogen-bond donors (Lipinski definition) is 1. The summed E-state index contributed by atoms with van der Waals surface area (Å²) in [4.78, 5) is 40.1. The minimum atomic E-state index is -0.560. The third-order valence-electron chi connectivity index (χ3n) is 6.02. The number of nitrogens with one attached hydrogen (secondary N) is 1. The molecule has 10 nitrogen and oxygen atoms in total. The van der Waals surface area contributed by atoms with E-state index in [0.717, 1.165) is 5.56 Å². The van der Waals surface area contributed by atoms with Crippen LogP contribution in [0.3, 0.4) is 0 Å². The quantitative estimate of drug-likeness (QED) is 0.386. The maximum Gasteiger partial charge on any atom is 0.332 e. The molecule has 0 fully saturated rings. The molecule has 2 aromatic heterocycles. The van der Waals surface area contributed by atoms with Crippen LogP contribution in [0.25, 0.3) is 11.0 Å². The zero-order chi connectivity index (χ0) is 25.8. The van der Waals surface area contributed by atoms with E-state index in [1.165, 1.54) is 23.4 Å². The van der Waals surface area contributed by atoms with Crippen LogP contribution in [0, 0.1) is 6.92 Å². The molecule has 0 unspecified atom stereocenters. The highest BCUT2D eigenvalue weighted by Crippen LogP contribution is 2.29. The molecule has 0 saturated heterocycles. The van der Waals surface area contributed by atoms with Gasteiger partial charge in [-0.15, -0.1) is 0 Å². The van der Waals surface area contributed by atoms with Gasteiger partial charge < -0.3 is 14.8 Å². The number of methoxy groups -OCH3 is 2. The summed E-state index contributed by atoms with van der Waals surface area (Å²) in [5, 5.41) is 7.24. The summed E-state index contributed by atoms with van der Waals surface area (Å²) >= 11 is 0. The van der Waals surface area contributed by atoms with Gasteiger partial charge in [0.15, 0.2) is 5.52 Å². The molecule has 2 heterocycles. The van der Waals surface area contributed by atoms with Gasteiger partial charge in [0, 0.05) is 19.2 Å². The Morgan fingerprint density at radius 3 is 2.42 bits per heavy atom. The van der Waals surface area contributed by atoms with Crippen molar-refractivity contribution in [2.45, 2.75) is 39.9 Å². The van der Waals surface area contributed by atoms with Gasteiger partial charge in [0.05, 0.1) is 25.6 Å². The van der Waals surface area contributed by atoms with Crippen LogP contribution >= 0.6 is 0 Å². The number of hydrogen-bond acceptors (Lipinski definition) is 6. The van der Waals surface area contributed by atoms with Crippen LogP contribution in [-0.2, 0) is 30.8 Å². The summed E-state index contributed by atoms with van der Waals surface area (Å²) in [6.45, 7) is 3.91. The van der Waals surface area contributed by atoms with E-state index >= 15 is 0 Å². The molecule has 1 amide bonds. The maximum atomic E-state index is 13.6. The molecule has 0 spiro atoms. The van der Waals surface area contributed by atoms with Gasteiger partial charge in [-0.3, -0.25) is 23.4 Å². The van der Waals surface area contributed by atoms with E-state index in [-0.39, 0.29) is 13.1 Å². The third kappa shape index (κ3) is 4.74. The fraction of sp³-hybridized carbons (Fsp3) is 0.308. The Morgan fingerprint density at radius 1 is 1.00 bits per heavy atom. The molecule has 0 bridgehead atoms. The summed E-state index contributed by atoms with van der Waals surface area (Å²) in [7, 11) is 3.02.